The van der Waals surface area contributed by atoms with Gasteiger partial charge in [0.2, 0.25) is 0 Å². The zero-order chi connectivity index (χ0) is 9.84. The molecule has 1 heterocycles. The van der Waals surface area contributed by atoms with Gasteiger partial charge in [-0.15, -0.1) is 0 Å². The average molecular weight is 200 g/mol. The van der Waals surface area contributed by atoms with Crippen molar-refractivity contribution in [3.8, 4) is 0 Å². The van der Waals surface area contributed by atoms with Crippen molar-refractivity contribution in [1.82, 2.24) is 5.32 Å². The number of rotatable bonds is 3. The van der Waals surface area contributed by atoms with E-state index in [1.807, 2.05) is 13.1 Å². The molecule has 0 aliphatic heterocycles. The summed E-state index contributed by atoms with van der Waals surface area (Å²) in [4.78, 5) is 0. The smallest absolute Gasteiger partial charge is 0.198 e. The Hall–Kier alpha value is -0.730. The van der Waals surface area contributed by atoms with Crippen molar-refractivity contribution in [1.29, 1.82) is 0 Å². The monoisotopic (exact) mass is 199 g/mol. The SMILES string of the molecule is CNC(C=C(C)C)c1ccoc1Cl. The summed E-state index contributed by atoms with van der Waals surface area (Å²) in [5.74, 6) is 0. The van der Waals surface area contributed by atoms with Crippen LogP contribution in [0.25, 0.3) is 0 Å². The highest BCUT2D eigenvalue weighted by Crippen LogP contribution is 2.25. The van der Waals surface area contributed by atoms with E-state index in [-0.39, 0.29) is 6.04 Å². The van der Waals surface area contributed by atoms with E-state index in [9.17, 15) is 0 Å². The standard InChI is InChI=1S/C10H14ClNO/c1-7(2)6-9(12-3)8-4-5-13-10(8)11/h4-6,9,12H,1-3H3. The molecule has 0 aliphatic carbocycles. The predicted molar refractivity (Wildman–Crippen MR) is 54.9 cm³/mol. The minimum Gasteiger partial charge on any atom is -0.453 e. The number of allylic oxidation sites excluding steroid dienone is 1. The van der Waals surface area contributed by atoms with Crippen molar-refractivity contribution in [2.24, 2.45) is 0 Å². The van der Waals surface area contributed by atoms with Crippen LogP contribution in [0, 0.1) is 0 Å². The van der Waals surface area contributed by atoms with Gasteiger partial charge in [-0.05, 0) is 38.6 Å². The molecule has 1 atom stereocenters. The molecule has 0 aromatic carbocycles. The van der Waals surface area contributed by atoms with E-state index in [4.69, 9.17) is 16.0 Å². The van der Waals surface area contributed by atoms with Crippen LogP contribution in [-0.4, -0.2) is 7.05 Å². The molecule has 0 amide bonds. The van der Waals surface area contributed by atoms with Crippen LogP contribution >= 0.6 is 11.6 Å². The molecule has 3 heteroatoms. The van der Waals surface area contributed by atoms with Gasteiger partial charge in [0.15, 0.2) is 5.22 Å². The lowest BCUT2D eigenvalue weighted by atomic mass is 10.1. The fraction of sp³-hybridized carbons (Fsp3) is 0.400. The Morgan fingerprint density at radius 3 is 2.69 bits per heavy atom. The third-order valence-electron chi connectivity index (χ3n) is 1.79. The second-order valence-electron chi connectivity index (χ2n) is 3.16. The fourth-order valence-electron chi connectivity index (χ4n) is 1.19. The summed E-state index contributed by atoms with van der Waals surface area (Å²) in [5.41, 5.74) is 2.22. The number of hydrogen-bond acceptors (Lipinski definition) is 2. The first-order valence-corrected chi connectivity index (χ1v) is 4.58. The summed E-state index contributed by atoms with van der Waals surface area (Å²) >= 11 is 5.86. The zero-order valence-corrected chi connectivity index (χ0v) is 8.85. The molecule has 1 rings (SSSR count). The van der Waals surface area contributed by atoms with Gasteiger partial charge in [-0.25, -0.2) is 0 Å². The van der Waals surface area contributed by atoms with Gasteiger partial charge in [-0.1, -0.05) is 11.6 Å². The zero-order valence-electron chi connectivity index (χ0n) is 8.10. The second kappa shape index (κ2) is 4.49. The van der Waals surface area contributed by atoms with Crippen LogP contribution in [0.1, 0.15) is 25.5 Å². The highest BCUT2D eigenvalue weighted by Gasteiger charge is 2.11. The normalized spacial score (nSPS) is 12.6. The highest BCUT2D eigenvalue weighted by molar-refractivity contribution is 6.29. The van der Waals surface area contributed by atoms with E-state index in [1.54, 1.807) is 6.26 Å². The maximum Gasteiger partial charge on any atom is 0.198 e. The molecule has 0 fully saturated rings. The molecular formula is C10H14ClNO. The van der Waals surface area contributed by atoms with Gasteiger partial charge in [0.1, 0.15) is 0 Å². The van der Waals surface area contributed by atoms with Crippen molar-refractivity contribution in [2.45, 2.75) is 19.9 Å². The molecule has 2 nitrogen and oxygen atoms in total. The van der Waals surface area contributed by atoms with E-state index >= 15 is 0 Å². The summed E-state index contributed by atoms with van der Waals surface area (Å²) in [5, 5.41) is 3.61. The van der Waals surface area contributed by atoms with Gasteiger partial charge >= 0.3 is 0 Å². The third-order valence-corrected chi connectivity index (χ3v) is 2.10. The quantitative estimate of drug-likeness (QED) is 0.757. The van der Waals surface area contributed by atoms with Crippen LogP contribution in [0.15, 0.2) is 28.4 Å². The van der Waals surface area contributed by atoms with Crippen LogP contribution in [0.3, 0.4) is 0 Å². The van der Waals surface area contributed by atoms with Crippen LogP contribution in [0.2, 0.25) is 5.22 Å². The Kier molecular flexibility index (Phi) is 3.58. The topological polar surface area (TPSA) is 25.2 Å². The molecule has 0 bridgehead atoms. The number of hydrogen-bond donors (Lipinski definition) is 1. The molecule has 0 radical (unpaired) electrons. The Morgan fingerprint density at radius 1 is 1.62 bits per heavy atom. The van der Waals surface area contributed by atoms with E-state index in [0.29, 0.717) is 5.22 Å². The predicted octanol–water partition coefficient (Wildman–Crippen LogP) is 3.16. The number of likely N-dealkylation sites (N-methyl/N-ethyl adjacent to an activating group) is 1. The summed E-state index contributed by atoms with van der Waals surface area (Å²) in [6.07, 6.45) is 3.71. The highest BCUT2D eigenvalue weighted by atomic mass is 35.5. The van der Waals surface area contributed by atoms with Crippen molar-refractivity contribution < 1.29 is 4.42 Å². The van der Waals surface area contributed by atoms with Crippen LogP contribution in [0.5, 0.6) is 0 Å². The molecule has 0 aliphatic rings. The van der Waals surface area contributed by atoms with E-state index in [1.165, 1.54) is 5.57 Å². The van der Waals surface area contributed by atoms with Gasteiger partial charge in [-0.3, -0.25) is 0 Å². The maximum absolute atomic E-state index is 5.86. The minimum atomic E-state index is 0.135. The lowest BCUT2D eigenvalue weighted by molar-refractivity contribution is 0.561. The van der Waals surface area contributed by atoms with Gasteiger partial charge in [-0.2, -0.15) is 0 Å². The largest absolute Gasteiger partial charge is 0.453 e. The van der Waals surface area contributed by atoms with E-state index in [2.05, 4.69) is 25.2 Å². The molecule has 13 heavy (non-hydrogen) atoms. The van der Waals surface area contributed by atoms with E-state index in [0.717, 1.165) is 5.56 Å². The minimum absolute atomic E-state index is 0.135. The van der Waals surface area contributed by atoms with Crippen molar-refractivity contribution in [2.75, 3.05) is 7.05 Å². The molecule has 0 spiro atoms. The van der Waals surface area contributed by atoms with Crippen LogP contribution in [0.4, 0.5) is 0 Å². The van der Waals surface area contributed by atoms with E-state index < -0.39 is 0 Å². The molecule has 72 valence electrons. The summed E-state index contributed by atoms with van der Waals surface area (Å²) < 4.78 is 5.03. The number of furan rings is 1. The first kappa shape index (κ1) is 10.4. The molecule has 0 saturated heterocycles. The summed E-state index contributed by atoms with van der Waals surface area (Å²) in [6.45, 7) is 4.11. The first-order valence-electron chi connectivity index (χ1n) is 4.20. The summed E-state index contributed by atoms with van der Waals surface area (Å²) in [7, 11) is 1.90. The van der Waals surface area contributed by atoms with Gasteiger partial charge < -0.3 is 9.73 Å². The molecule has 1 N–H and O–H groups in total. The van der Waals surface area contributed by atoms with Gasteiger partial charge in [0.05, 0.1) is 12.3 Å². The third kappa shape index (κ3) is 2.61. The molecular weight excluding hydrogens is 186 g/mol. The first-order chi connectivity index (χ1) is 6.15. The molecule has 1 aromatic rings. The number of nitrogens with one attached hydrogen (secondary N) is 1. The molecule has 1 aromatic heterocycles. The molecule has 1 unspecified atom stereocenters. The lowest BCUT2D eigenvalue weighted by Crippen LogP contribution is -2.13. The second-order valence-corrected chi connectivity index (χ2v) is 3.50. The summed E-state index contributed by atoms with van der Waals surface area (Å²) in [6, 6.07) is 2.01. The fourth-order valence-corrected chi connectivity index (χ4v) is 1.42. The van der Waals surface area contributed by atoms with Crippen molar-refractivity contribution in [3.05, 3.63) is 34.8 Å². The number of halogens is 1. The Bertz CT molecular complexity index is 300. The van der Waals surface area contributed by atoms with Gasteiger partial charge in [0, 0.05) is 5.56 Å². The maximum atomic E-state index is 5.86. The van der Waals surface area contributed by atoms with Crippen LogP contribution < -0.4 is 5.32 Å². The van der Waals surface area contributed by atoms with Crippen molar-refractivity contribution >= 4 is 11.6 Å². The van der Waals surface area contributed by atoms with Crippen molar-refractivity contribution in [3.63, 3.8) is 0 Å². The van der Waals surface area contributed by atoms with Gasteiger partial charge in [0.25, 0.3) is 0 Å². The molecule has 0 saturated carbocycles. The average Bonchev–Trinajstić information content (AvgIpc) is 2.47. The Morgan fingerprint density at radius 2 is 2.31 bits per heavy atom. The van der Waals surface area contributed by atoms with Crippen LogP contribution in [-0.2, 0) is 0 Å². The Labute approximate surface area is 83.6 Å². The Balaban J connectivity index is 2.91. The lowest BCUT2D eigenvalue weighted by Gasteiger charge is -2.10.